The topological polar surface area (TPSA) is 46.5 Å². The number of benzene rings is 1. The normalized spacial score (nSPS) is 12.8. The molecule has 1 atom stereocenters. The largest absolute Gasteiger partial charge is 0.478 e. The van der Waals surface area contributed by atoms with Gasteiger partial charge in [-0.3, -0.25) is 0 Å². The van der Waals surface area contributed by atoms with Gasteiger partial charge in [-0.15, -0.1) is 0 Å². The Morgan fingerprint density at radius 3 is 2.26 bits per heavy atom. The number of carbonyl (C=O) groups is 1. The van der Waals surface area contributed by atoms with Crippen molar-refractivity contribution < 1.29 is 14.6 Å². The summed E-state index contributed by atoms with van der Waals surface area (Å²) >= 11 is 6.12. The second-order valence-corrected chi connectivity index (χ2v) is 5.82. The standard InChI is InChI=1S/C15H21ClO3/c1-8(2)11-7-12(16)10(5)6-13(11)19-14(9(3)4)15(17)18/h6-9,14H,1-5H3,(H,17,18). The first-order valence-corrected chi connectivity index (χ1v) is 6.81. The van der Waals surface area contributed by atoms with Crippen LogP contribution in [0.3, 0.4) is 0 Å². The number of carboxylic acids is 1. The zero-order valence-corrected chi connectivity index (χ0v) is 12.8. The molecule has 0 spiro atoms. The third-order valence-corrected chi connectivity index (χ3v) is 3.42. The highest BCUT2D eigenvalue weighted by Gasteiger charge is 2.25. The smallest absolute Gasteiger partial charge is 0.345 e. The second kappa shape index (κ2) is 6.29. The summed E-state index contributed by atoms with van der Waals surface area (Å²) < 4.78 is 5.71. The van der Waals surface area contributed by atoms with Crippen molar-refractivity contribution in [2.24, 2.45) is 5.92 Å². The van der Waals surface area contributed by atoms with Gasteiger partial charge in [-0.1, -0.05) is 39.3 Å². The fraction of sp³-hybridized carbons (Fsp3) is 0.533. The molecule has 1 aromatic rings. The van der Waals surface area contributed by atoms with E-state index in [9.17, 15) is 9.90 Å². The number of hydrogen-bond acceptors (Lipinski definition) is 2. The first kappa shape index (κ1) is 15.8. The maximum Gasteiger partial charge on any atom is 0.345 e. The highest BCUT2D eigenvalue weighted by Crippen LogP contribution is 2.33. The lowest BCUT2D eigenvalue weighted by Gasteiger charge is -2.22. The van der Waals surface area contributed by atoms with Crippen molar-refractivity contribution in [1.29, 1.82) is 0 Å². The SMILES string of the molecule is Cc1cc(OC(C(=O)O)C(C)C)c(C(C)C)cc1Cl. The molecule has 3 nitrogen and oxygen atoms in total. The van der Waals surface area contributed by atoms with Crippen molar-refractivity contribution >= 4 is 17.6 Å². The van der Waals surface area contributed by atoms with Gasteiger partial charge in [0, 0.05) is 10.9 Å². The van der Waals surface area contributed by atoms with Crippen LogP contribution in [0.15, 0.2) is 12.1 Å². The molecule has 0 saturated heterocycles. The van der Waals surface area contributed by atoms with Crippen molar-refractivity contribution in [3.05, 3.63) is 28.3 Å². The first-order valence-electron chi connectivity index (χ1n) is 6.43. The van der Waals surface area contributed by atoms with Gasteiger partial charge in [-0.2, -0.15) is 0 Å². The van der Waals surface area contributed by atoms with Crippen LogP contribution in [0.1, 0.15) is 44.7 Å². The van der Waals surface area contributed by atoms with Crippen LogP contribution in [0.2, 0.25) is 5.02 Å². The molecule has 0 saturated carbocycles. The minimum Gasteiger partial charge on any atom is -0.478 e. The summed E-state index contributed by atoms with van der Waals surface area (Å²) in [4.78, 5) is 11.2. The van der Waals surface area contributed by atoms with Gasteiger partial charge in [-0.25, -0.2) is 4.79 Å². The fourth-order valence-corrected chi connectivity index (χ4v) is 2.00. The van der Waals surface area contributed by atoms with Gasteiger partial charge in [0.15, 0.2) is 6.10 Å². The molecule has 0 fully saturated rings. The lowest BCUT2D eigenvalue weighted by atomic mass is 10.00. The number of ether oxygens (including phenoxy) is 1. The zero-order chi connectivity index (χ0) is 14.7. The molecule has 0 bridgehead atoms. The predicted octanol–water partition coefficient (Wildman–Crippen LogP) is 4.26. The lowest BCUT2D eigenvalue weighted by molar-refractivity contribution is -0.147. The molecule has 0 amide bonds. The van der Waals surface area contributed by atoms with E-state index in [1.807, 2.05) is 46.8 Å². The zero-order valence-electron chi connectivity index (χ0n) is 12.0. The average molecular weight is 285 g/mol. The van der Waals surface area contributed by atoms with Crippen LogP contribution in [0, 0.1) is 12.8 Å². The third kappa shape index (κ3) is 3.87. The molecule has 0 aliphatic heterocycles. The van der Waals surface area contributed by atoms with Gasteiger partial charge in [0.2, 0.25) is 0 Å². The lowest BCUT2D eigenvalue weighted by Crippen LogP contribution is -2.32. The molecule has 0 aromatic heterocycles. The van der Waals surface area contributed by atoms with Gasteiger partial charge in [0.1, 0.15) is 5.75 Å². The molecule has 1 N–H and O–H groups in total. The minimum atomic E-state index is -0.947. The van der Waals surface area contributed by atoms with Crippen molar-refractivity contribution in [2.45, 2.75) is 46.6 Å². The summed E-state index contributed by atoms with van der Waals surface area (Å²) in [5, 5.41) is 9.88. The summed E-state index contributed by atoms with van der Waals surface area (Å²) in [5.41, 5.74) is 1.82. The van der Waals surface area contributed by atoms with Crippen LogP contribution in [0.4, 0.5) is 0 Å². The molecular formula is C15H21ClO3. The van der Waals surface area contributed by atoms with E-state index in [1.165, 1.54) is 0 Å². The number of carboxylic acid groups (broad SMARTS) is 1. The number of rotatable bonds is 5. The molecule has 0 heterocycles. The Morgan fingerprint density at radius 2 is 1.84 bits per heavy atom. The Bertz CT molecular complexity index is 467. The highest BCUT2D eigenvalue weighted by atomic mass is 35.5. The summed E-state index contributed by atoms with van der Waals surface area (Å²) in [7, 11) is 0. The van der Waals surface area contributed by atoms with Gasteiger partial charge in [0.05, 0.1) is 0 Å². The first-order chi connectivity index (χ1) is 8.73. The van der Waals surface area contributed by atoms with Crippen LogP contribution in [-0.4, -0.2) is 17.2 Å². The number of aryl methyl sites for hydroxylation is 1. The van der Waals surface area contributed by atoms with Gasteiger partial charge >= 0.3 is 5.97 Å². The Hall–Kier alpha value is -1.22. The van der Waals surface area contributed by atoms with Crippen LogP contribution >= 0.6 is 11.6 Å². The summed E-state index contributed by atoms with van der Waals surface area (Å²) in [6.45, 7) is 9.59. The second-order valence-electron chi connectivity index (χ2n) is 5.41. The van der Waals surface area contributed by atoms with E-state index in [-0.39, 0.29) is 11.8 Å². The van der Waals surface area contributed by atoms with Crippen LogP contribution in [-0.2, 0) is 4.79 Å². The predicted molar refractivity (Wildman–Crippen MR) is 77.2 cm³/mol. The molecule has 1 rings (SSSR count). The monoisotopic (exact) mass is 284 g/mol. The van der Waals surface area contributed by atoms with Gasteiger partial charge in [0.25, 0.3) is 0 Å². The minimum absolute atomic E-state index is 0.103. The van der Waals surface area contributed by atoms with Crippen molar-refractivity contribution in [1.82, 2.24) is 0 Å². The van der Waals surface area contributed by atoms with Crippen molar-refractivity contribution in [3.8, 4) is 5.75 Å². The van der Waals surface area contributed by atoms with E-state index in [0.717, 1.165) is 11.1 Å². The molecule has 106 valence electrons. The molecule has 0 radical (unpaired) electrons. The molecular weight excluding hydrogens is 264 g/mol. The summed E-state index contributed by atoms with van der Waals surface area (Å²) in [6, 6.07) is 3.67. The highest BCUT2D eigenvalue weighted by molar-refractivity contribution is 6.31. The van der Waals surface area contributed by atoms with E-state index >= 15 is 0 Å². The van der Waals surface area contributed by atoms with Crippen molar-refractivity contribution in [3.63, 3.8) is 0 Å². The molecule has 4 heteroatoms. The Morgan fingerprint density at radius 1 is 1.26 bits per heavy atom. The average Bonchev–Trinajstić information content (AvgIpc) is 2.28. The van der Waals surface area contributed by atoms with E-state index in [4.69, 9.17) is 16.3 Å². The molecule has 0 aliphatic carbocycles. The number of hydrogen-bond donors (Lipinski definition) is 1. The Labute approximate surface area is 119 Å². The fourth-order valence-electron chi connectivity index (χ4n) is 1.83. The summed E-state index contributed by atoms with van der Waals surface area (Å²) in [5.74, 6) is -0.224. The molecule has 1 unspecified atom stereocenters. The third-order valence-electron chi connectivity index (χ3n) is 3.02. The number of aliphatic carboxylic acids is 1. The number of halogens is 1. The van der Waals surface area contributed by atoms with Crippen LogP contribution in [0.5, 0.6) is 5.75 Å². The van der Waals surface area contributed by atoms with E-state index < -0.39 is 12.1 Å². The van der Waals surface area contributed by atoms with E-state index in [1.54, 1.807) is 0 Å². The molecule has 19 heavy (non-hydrogen) atoms. The Kier molecular flexibility index (Phi) is 5.24. The van der Waals surface area contributed by atoms with E-state index in [0.29, 0.717) is 10.8 Å². The van der Waals surface area contributed by atoms with Crippen molar-refractivity contribution in [2.75, 3.05) is 0 Å². The maximum atomic E-state index is 11.2. The van der Waals surface area contributed by atoms with E-state index in [2.05, 4.69) is 0 Å². The quantitative estimate of drug-likeness (QED) is 0.879. The van der Waals surface area contributed by atoms with Crippen LogP contribution in [0.25, 0.3) is 0 Å². The Balaban J connectivity index is 3.18. The molecule has 1 aromatic carbocycles. The van der Waals surface area contributed by atoms with Gasteiger partial charge < -0.3 is 9.84 Å². The van der Waals surface area contributed by atoms with Crippen LogP contribution < -0.4 is 4.74 Å². The summed E-state index contributed by atoms with van der Waals surface area (Å²) in [6.07, 6.45) is -0.849. The maximum absolute atomic E-state index is 11.2. The molecule has 0 aliphatic rings. The van der Waals surface area contributed by atoms with Gasteiger partial charge in [-0.05, 0) is 36.1 Å².